The summed E-state index contributed by atoms with van der Waals surface area (Å²) in [7, 11) is 0. The van der Waals surface area contributed by atoms with E-state index in [2.05, 4.69) is 38.2 Å². The Kier molecular flexibility index (Phi) is 5.20. The lowest BCUT2D eigenvalue weighted by Gasteiger charge is -2.33. The average Bonchev–Trinajstić information content (AvgIpc) is 3.22. The summed E-state index contributed by atoms with van der Waals surface area (Å²) in [6.45, 7) is 7.18. The van der Waals surface area contributed by atoms with Crippen molar-refractivity contribution in [1.29, 1.82) is 0 Å². The number of aryl methyl sites for hydroxylation is 1. The van der Waals surface area contributed by atoms with Crippen LogP contribution in [0.2, 0.25) is 0 Å². The van der Waals surface area contributed by atoms with Gasteiger partial charge in [-0.15, -0.1) is 11.8 Å². The molecule has 1 N–H and O–H groups in total. The first-order chi connectivity index (χ1) is 15.8. The first-order valence-corrected chi connectivity index (χ1v) is 11.9. The lowest BCUT2D eigenvalue weighted by Crippen LogP contribution is -2.51. The molecule has 2 heterocycles. The van der Waals surface area contributed by atoms with Crippen LogP contribution in [0, 0.1) is 6.92 Å². The molecule has 0 saturated carbocycles. The first kappa shape index (κ1) is 21.6. The minimum atomic E-state index is -1.10. The van der Waals surface area contributed by atoms with Gasteiger partial charge in [-0.1, -0.05) is 60.7 Å². The predicted molar refractivity (Wildman–Crippen MR) is 134 cm³/mol. The molecule has 1 fully saturated rings. The van der Waals surface area contributed by atoms with Crippen molar-refractivity contribution in [3.8, 4) is 0 Å². The zero-order chi connectivity index (χ0) is 23.2. The van der Waals surface area contributed by atoms with Crippen LogP contribution in [0.15, 0.2) is 78.9 Å². The monoisotopic (exact) mass is 457 g/mol. The summed E-state index contributed by atoms with van der Waals surface area (Å²) in [5.41, 5.74) is 4.70. The smallest absolute Gasteiger partial charge is 0.308 e. The highest BCUT2D eigenvalue weighted by Gasteiger charge is 2.63. The first-order valence-electron chi connectivity index (χ1n) is 11.1. The molecule has 5 nitrogen and oxygen atoms in total. The van der Waals surface area contributed by atoms with Gasteiger partial charge in [-0.3, -0.25) is 9.69 Å². The third-order valence-corrected chi connectivity index (χ3v) is 7.89. The zero-order valence-electron chi connectivity index (χ0n) is 19.0. The number of hydrogen-bond donors (Lipinski definition) is 1. The number of fused-ring (bicyclic) bond motifs is 2. The minimum absolute atomic E-state index is 0.0641. The third kappa shape index (κ3) is 3.59. The number of amides is 3. The van der Waals surface area contributed by atoms with E-state index in [-0.39, 0.29) is 16.7 Å². The highest BCUT2D eigenvalue weighted by Crippen LogP contribution is 2.59. The molecule has 0 radical (unpaired) electrons. The van der Waals surface area contributed by atoms with E-state index in [4.69, 9.17) is 0 Å². The van der Waals surface area contributed by atoms with E-state index in [1.165, 1.54) is 0 Å². The molecule has 33 heavy (non-hydrogen) atoms. The Bertz CT molecular complexity index is 1230. The highest BCUT2D eigenvalue weighted by molar-refractivity contribution is 8.02. The molecule has 2 aliphatic rings. The number of para-hydroxylation sites is 2. The van der Waals surface area contributed by atoms with E-state index in [0.29, 0.717) is 18.8 Å². The second-order valence-corrected chi connectivity index (χ2v) is 11.1. The Hall–Kier alpha value is -3.25. The van der Waals surface area contributed by atoms with Gasteiger partial charge in [0.1, 0.15) is 0 Å². The molecule has 3 aromatic carbocycles. The highest BCUT2D eigenvalue weighted by atomic mass is 32.2. The van der Waals surface area contributed by atoms with Crippen molar-refractivity contribution in [2.45, 2.75) is 36.9 Å². The molecular weight excluding hydrogens is 430 g/mol. The number of thioether (sulfide) groups is 1. The predicted octanol–water partition coefficient (Wildman–Crippen LogP) is 5.75. The minimum Gasteiger partial charge on any atom is -0.308 e. The van der Waals surface area contributed by atoms with Crippen molar-refractivity contribution in [3.63, 3.8) is 0 Å². The van der Waals surface area contributed by atoms with Crippen molar-refractivity contribution < 1.29 is 9.59 Å². The summed E-state index contributed by atoms with van der Waals surface area (Å²) >= 11 is 1.57. The maximum Gasteiger partial charge on any atom is 0.323 e. The lowest BCUT2D eigenvalue weighted by molar-refractivity contribution is -0.123. The van der Waals surface area contributed by atoms with Crippen LogP contribution in [0.3, 0.4) is 0 Å². The number of carbonyl (C=O) groups excluding carboxylic acids is 2. The normalized spacial score (nSPS) is 20.9. The van der Waals surface area contributed by atoms with Gasteiger partial charge in [0.05, 0.1) is 12.2 Å². The summed E-state index contributed by atoms with van der Waals surface area (Å²) in [5, 5.41) is 3.00. The molecular formula is C27H27N3O2S. The van der Waals surface area contributed by atoms with Crippen LogP contribution < -0.4 is 10.2 Å². The molecule has 168 valence electrons. The van der Waals surface area contributed by atoms with E-state index in [1.807, 2.05) is 71.6 Å². The largest absolute Gasteiger partial charge is 0.323 e. The van der Waals surface area contributed by atoms with E-state index in [0.717, 1.165) is 22.4 Å². The Labute approximate surface area is 198 Å². The van der Waals surface area contributed by atoms with Crippen molar-refractivity contribution in [2.75, 3.05) is 16.8 Å². The van der Waals surface area contributed by atoms with Crippen LogP contribution in [0.1, 0.15) is 30.5 Å². The Balaban J connectivity index is 1.58. The molecule has 0 bridgehead atoms. The number of benzene rings is 3. The SMILES string of the molecule is Cc1ccccc1CN1C(=O)[C@@]2(SC(C)(C)CN2C(=O)Nc2ccccc2)c2ccccc21. The quantitative estimate of drug-likeness (QED) is 0.545. The van der Waals surface area contributed by atoms with Crippen molar-refractivity contribution in [1.82, 2.24) is 4.90 Å². The topological polar surface area (TPSA) is 52.7 Å². The summed E-state index contributed by atoms with van der Waals surface area (Å²) in [4.78, 5) is 30.3. The molecule has 5 rings (SSSR count). The number of hydrogen-bond acceptors (Lipinski definition) is 3. The average molecular weight is 458 g/mol. The van der Waals surface area contributed by atoms with Crippen LogP contribution in [0.25, 0.3) is 0 Å². The van der Waals surface area contributed by atoms with Crippen LogP contribution in [0.5, 0.6) is 0 Å². The molecule has 0 unspecified atom stereocenters. The Morgan fingerprint density at radius 3 is 2.39 bits per heavy atom. The van der Waals surface area contributed by atoms with Crippen LogP contribution in [-0.4, -0.2) is 28.1 Å². The second kappa shape index (κ2) is 7.96. The maximum absolute atomic E-state index is 14.2. The van der Waals surface area contributed by atoms with Gasteiger partial charge >= 0.3 is 6.03 Å². The van der Waals surface area contributed by atoms with Gasteiger partial charge in [0.25, 0.3) is 5.91 Å². The summed E-state index contributed by atoms with van der Waals surface area (Å²) in [6, 6.07) is 25.1. The van der Waals surface area contributed by atoms with Gasteiger partial charge in [0, 0.05) is 22.5 Å². The van der Waals surface area contributed by atoms with Gasteiger partial charge in [-0.25, -0.2) is 4.79 Å². The fraction of sp³-hybridized carbons (Fsp3) is 0.259. The molecule has 3 aromatic rings. The molecule has 1 atom stereocenters. The van der Waals surface area contributed by atoms with Crippen molar-refractivity contribution >= 4 is 35.1 Å². The number of rotatable bonds is 3. The van der Waals surface area contributed by atoms with Crippen LogP contribution in [-0.2, 0) is 16.2 Å². The van der Waals surface area contributed by atoms with E-state index in [9.17, 15) is 9.59 Å². The summed E-state index contributed by atoms with van der Waals surface area (Å²) < 4.78 is -0.282. The van der Waals surface area contributed by atoms with Gasteiger partial charge in [-0.2, -0.15) is 0 Å². The van der Waals surface area contributed by atoms with Gasteiger partial charge in [-0.05, 0) is 50.1 Å². The molecule has 0 aliphatic carbocycles. The van der Waals surface area contributed by atoms with Crippen molar-refractivity contribution in [2.24, 2.45) is 0 Å². The number of urea groups is 1. The molecule has 2 aliphatic heterocycles. The maximum atomic E-state index is 14.2. The Morgan fingerprint density at radius 2 is 1.64 bits per heavy atom. The van der Waals surface area contributed by atoms with Gasteiger partial charge < -0.3 is 10.2 Å². The molecule has 6 heteroatoms. The van der Waals surface area contributed by atoms with Crippen LogP contribution in [0.4, 0.5) is 16.2 Å². The lowest BCUT2D eigenvalue weighted by atomic mass is 10.1. The Morgan fingerprint density at radius 1 is 0.970 bits per heavy atom. The third-order valence-electron chi connectivity index (χ3n) is 6.30. The standard InChI is InChI=1S/C27H27N3O2S/c1-19-11-7-8-12-20(19)17-29-23-16-10-9-15-22(23)27(24(29)31)30(18-26(2,3)33-27)25(32)28-21-13-5-4-6-14-21/h4-16H,17-18H2,1-3H3,(H,28,32)/t27-/m0/s1. The zero-order valence-corrected chi connectivity index (χ0v) is 19.9. The van der Waals surface area contributed by atoms with Gasteiger partial charge in [0.2, 0.25) is 0 Å². The fourth-order valence-corrected chi connectivity index (χ4v) is 6.52. The number of anilines is 2. The van der Waals surface area contributed by atoms with E-state index >= 15 is 0 Å². The molecule has 3 amide bonds. The second-order valence-electron chi connectivity index (χ2n) is 9.22. The molecule has 1 saturated heterocycles. The number of nitrogens with zero attached hydrogens (tertiary/aromatic N) is 2. The molecule has 0 aromatic heterocycles. The van der Waals surface area contributed by atoms with Crippen molar-refractivity contribution in [3.05, 3.63) is 95.6 Å². The van der Waals surface area contributed by atoms with E-state index in [1.54, 1.807) is 16.7 Å². The number of carbonyl (C=O) groups is 2. The summed E-state index contributed by atoms with van der Waals surface area (Å²) in [6.07, 6.45) is 0. The van der Waals surface area contributed by atoms with Gasteiger partial charge in [0.15, 0.2) is 4.87 Å². The van der Waals surface area contributed by atoms with Crippen LogP contribution >= 0.6 is 11.8 Å². The molecule has 1 spiro atoms. The van der Waals surface area contributed by atoms with E-state index < -0.39 is 4.87 Å². The number of nitrogens with one attached hydrogen (secondary N) is 1. The fourth-order valence-electron chi connectivity index (χ4n) is 4.78. The summed E-state index contributed by atoms with van der Waals surface area (Å²) in [5.74, 6) is -0.0641.